The molecule has 0 saturated heterocycles. The molecule has 0 bridgehead atoms. The van der Waals surface area contributed by atoms with Crippen molar-refractivity contribution in [2.24, 2.45) is 0 Å². The van der Waals surface area contributed by atoms with Gasteiger partial charge < -0.3 is 5.11 Å². The van der Waals surface area contributed by atoms with Crippen LogP contribution in [0, 0.1) is 0 Å². The van der Waals surface area contributed by atoms with Crippen molar-refractivity contribution in [1.29, 1.82) is 0 Å². The molecule has 0 aromatic heterocycles. The van der Waals surface area contributed by atoms with Gasteiger partial charge in [0.25, 0.3) is 0 Å². The Kier molecular flexibility index (Phi) is 1.68. The fourth-order valence-corrected chi connectivity index (χ4v) is 0.499. The van der Waals surface area contributed by atoms with Gasteiger partial charge in [-0.2, -0.15) is 0 Å². The monoisotopic (exact) mass is 131 g/mol. The molecule has 1 saturated carbocycles. The lowest BCUT2D eigenvalue weighted by Gasteiger charge is -2.04. The molecule has 0 radical (unpaired) electrons. The maximum absolute atomic E-state index is 9.59. The van der Waals surface area contributed by atoms with Gasteiger partial charge in [-0.1, -0.05) is 0 Å². The SMILES string of the molecule is O=CNOCC1(O)CC1. The number of nitrogens with one attached hydrogen (secondary N) is 1. The molecule has 52 valence electrons. The van der Waals surface area contributed by atoms with Crippen molar-refractivity contribution < 1.29 is 14.7 Å². The summed E-state index contributed by atoms with van der Waals surface area (Å²) in [6, 6.07) is 0. The molecule has 0 aromatic carbocycles. The lowest BCUT2D eigenvalue weighted by atomic mass is 10.4. The summed E-state index contributed by atoms with van der Waals surface area (Å²) in [5.41, 5.74) is 1.36. The van der Waals surface area contributed by atoms with E-state index in [2.05, 4.69) is 4.84 Å². The van der Waals surface area contributed by atoms with Gasteiger partial charge in [-0.15, -0.1) is 0 Å². The molecular weight excluding hydrogens is 122 g/mol. The van der Waals surface area contributed by atoms with Crippen LogP contribution in [0.25, 0.3) is 0 Å². The number of hydrogen-bond acceptors (Lipinski definition) is 3. The zero-order chi connectivity index (χ0) is 6.74. The Morgan fingerprint density at radius 1 is 1.78 bits per heavy atom. The average Bonchev–Trinajstić information content (AvgIpc) is 2.50. The van der Waals surface area contributed by atoms with E-state index in [0.29, 0.717) is 6.41 Å². The molecule has 0 atom stereocenters. The summed E-state index contributed by atoms with van der Waals surface area (Å²) in [5.74, 6) is 0. The predicted molar refractivity (Wildman–Crippen MR) is 29.3 cm³/mol. The van der Waals surface area contributed by atoms with Gasteiger partial charge in [-0.25, -0.2) is 5.48 Å². The molecule has 1 aliphatic rings. The number of amides is 1. The summed E-state index contributed by atoms with van der Waals surface area (Å²) in [6.07, 6.45) is 1.98. The largest absolute Gasteiger partial charge is 0.387 e. The molecule has 0 aliphatic heterocycles. The highest BCUT2D eigenvalue weighted by Crippen LogP contribution is 2.34. The summed E-state index contributed by atoms with van der Waals surface area (Å²) in [6.45, 7) is 0.200. The van der Waals surface area contributed by atoms with Gasteiger partial charge >= 0.3 is 0 Å². The maximum atomic E-state index is 9.59. The van der Waals surface area contributed by atoms with Crippen LogP contribution in [0.15, 0.2) is 0 Å². The third kappa shape index (κ3) is 1.99. The Balaban J connectivity index is 1.98. The van der Waals surface area contributed by atoms with Crippen LogP contribution in [0.2, 0.25) is 0 Å². The van der Waals surface area contributed by atoms with E-state index in [1.807, 2.05) is 5.48 Å². The van der Waals surface area contributed by atoms with E-state index in [9.17, 15) is 4.79 Å². The molecule has 1 amide bonds. The molecule has 1 fully saturated rings. The second-order valence-electron chi connectivity index (χ2n) is 2.25. The standard InChI is InChI=1S/C5H9NO3/c7-4-6-9-3-5(8)1-2-5/h4,8H,1-3H2,(H,6,7). The van der Waals surface area contributed by atoms with Crippen molar-refractivity contribution in [2.45, 2.75) is 18.4 Å². The van der Waals surface area contributed by atoms with Crippen molar-refractivity contribution in [3.8, 4) is 0 Å². The second-order valence-corrected chi connectivity index (χ2v) is 2.25. The molecule has 0 spiro atoms. The fourth-order valence-electron chi connectivity index (χ4n) is 0.499. The second kappa shape index (κ2) is 2.33. The minimum absolute atomic E-state index is 0.200. The Morgan fingerprint density at radius 2 is 2.44 bits per heavy atom. The Labute approximate surface area is 52.8 Å². The first-order chi connectivity index (χ1) is 4.27. The molecular formula is C5H9NO3. The van der Waals surface area contributed by atoms with Crippen molar-refractivity contribution in [3.63, 3.8) is 0 Å². The molecule has 4 heteroatoms. The van der Waals surface area contributed by atoms with Gasteiger partial charge in [-0.3, -0.25) is 9.63 Å². The van der Waals surface area contributed by atoms with E-state index in [0.717, 1.165) is 12.8 Å². The number of hydroxylamine groups is 1. The Bertz CT molecular complexity index is 111. The minimum Gasteiger partial charge on any atom is -0.387 e. The zero-order valence-corrected chi connectivity index (χ0v) is 4.96. The molecule has 0 unspecified atom stereocenters. The third-order valence-electron chi connectivity index (χ3n) is 1.30. The number of hydrogen-bond donors (Lipinski definition) is 2. The minimum atomic E-state index is -0.643. The highest BCUT2D eigenvalue weighted by atomic mass is 16.7. The number of aliphatic hydroxyl groups is 1. The lowest BCUT2D eigenvalue weighted by molar-refractivity contribution is -0.123. The lowest BCUT2D eigenvalue weighted by Crippen LogP contribution is -2.22. The highest BCUT2D eigenvalue weighted by Gasteiger charge is 2.40. The maximum Gasteiger partial charge on any atom is 0.230 e. The highest BCUT2D eigenvalue weighted by molar-refractivity contribution is 5.43. The van der Waals surface area contributed by atoms with Crippen LogP contribution >= 0.6 is 0 Å². The molecule has 0 heterocycles. The summed E-state index contributed by atoms with van der Waals surface area (Å²) >= 11 is 0. The van der Waals surface area contributed by atoms with E-state index < -0.39 is 5.60 Å². The summed E-state index contributed by atoms with van der Waals surface area (Å²) in [7, 11) is 0. The van der Waals surface area contributed by atoms with Crippen LogP contribution in [0.1, 0.15) is 12.8 Å². The van der Waals surface area contributed by atoms with Crippen molar-refractivity contribution in [3.05, 3.63) is 0 Å². The Hall–Kier alpha value is -0.610. The summed E-state index contributed by atoms with van der Waals surface area (Å²) in [5, 5.41) is 9.07. The number of carbonyl (C=O) groups excluding carboxylic acids is 1. The van der Waals surface area contributed by atoms with Crippen LogP contribution < -0.4 is 5.48 Å². The quantitative estimate of drug-likeness (QED) is 0.298. The smallest absolute Gasteiger partial charge is 0.230 e. The Morgan fingerprint density at radius 3 is 2.89 bits per heavy atom. The van der Waals surface area contributed by atoms with E-state index in [4.69, 9.17) is 5.11 Å². The molecule has 1 rings (SSSR count). The normalized spacial score (nSPS) is 21.0. The van der Waals surface area contributed by atoms with Gasteiger partial charge in [0.05, 0.1) is 5.60 Å². The molecule has 9 heavy (non-hydrogen) atoms. The van der Waals surface area contributed by atoms with Crippen LogP contribution in [0.5, 0.6) is 0 Å². The zero-order valence-electron chi connectivity index (χ0n) is 4.96. The van der Waals surface area contributed by atoms with Crippen molar-refractivity contribution in [2.75, 3.05) is 6.61 Å². The number of rotatable bonds is 4. The molecule has 2 N–H and O–H groups in total. The van der Waals surface area contributed by atoms with Gasteiger partial charge in [0.2, 0.25) is 6.41 Å². The molecule has 1 aliphatic carbocycles. The average molecular weight is 131 g/mol. The van der Waals surface area contributed by atoms with Crippen LogP contribution in [-0.4, -0.2) is 23.7 Å². The van der Waals surface area contributed by atoms with Gasteiger partial charge in [0, 0.05) is 0 Å². The number of carbonyl (C=O) groups is 1. The fraction of sp³-hybridized carbons (Fsp3) is 0.800. The van der Waals surface area contributed by atoms with Crippen LogP contribution in [0.4, 0.5) is 0 Å². The van der Waals surface area contributed by atoms with E-state index in [1.165, 1.54) is 0 Å². The molecule has 4 nitrogen and oxygen atoms in total. The summed E-state index contributed by atoms with van der Waals surface area (Å²) < 4.78 is 0. The first-order valence-corrected chi connectivity index (χ1v) is 2.80. The summed E-state index contributed by atoms with van der Waals surface area (Å²) in [4.78, 5) is 14.1. The van der Waals surface area contributed by atoms with Gasteiger partial charge in [-0.05, 0) is 12.8 Å². The topological polar surface area (TPSA) is 58.6 Å². The first-order valence-electron chi connectivity index (χ1n) is 2.80. The van der Waals surface area contributed by atoms with Crippen LogP contribution in [0.3, 0.4) is 0 Å². The molecule has 0 aromatic rings. The third-order valence-corrected chi connectivity index (χ3v) is 1.30. The van der Waals surface area contributed by atoms with Crippen molar-refractivity contribution in [1.82, 2.24) is 5.48 Å². The van der Waals surface area contributed by atoms with Crippen molar-refractivity contribution >= 4 is 6.41 Å². The van der Waals surface area contributed by atoms with Gasteiger partial charge in [0.1, 0.15) is 6.61 Å². The van der Waals surface area contributed by atoms with E-state index >= 15 is 0 Å². The van der Waals surface area contributed by atoms with Crippen LogP contribution in [-0.2, 0) is 9.63 Å². The van der Waals surface area contributed by atoms with E-state index in [1.54, 1.807) is 0 Å². The van der Waals surface area contributed by atoms with Gasteiger partial charge in [0.15, 0.2) is 0 Å². The van der Waals surface area contributed by atoms with E-state index in [-0.39, 0.29) is 6.61 Å². The predicted octanol–water partition coefficient (Wildman–Crippen LogP) is -0.811. The first kappa shape index (κ1) is 6.51.